The Morgan fingerprint density at radius 3 is 2.74 bits per heavy atom. The molecule has 0 bridgehead atoms. The van der Waals surface area contributed by atoms with Crippen LogP contribution in [-0.2, 0) is 12.0 Å². The Morgan fingerprint density at radius 1 is 1.32 bits per heavy atom. The zero-order valence-electron chi connectivity index (χ0n) is 11.0. The van der Waals surface area contributed by atoms with Gasteiger partial charge in [-0.3, -0.25) is 0 Å². The van der Waals surface area contributed by atoms with Crippen LogP contribution in [0.1, 0.15) is 24.3 Å². The van der Waals surface area contributed by atoms with Crippen molar-refractivity contribution < 1.29 is 0 Å². The van der Waals surface area contributed by atoms with Gasteiger partial charge < -0.3 is 5.32 Å². The fourth-order valence-electron chi connectivity index (χ4n) is 1.92. The van der Waals surface area contributed by atoms with E-state index in [4.69, 9.17) is 11.6 Å². The highest BCUT2D eigenvalue weighted by Gasteiger charge is 2.20. The Kier molecular flexibility index (Phi) is 5.07. The first-order chi connectivity index (χ1) is 8.99. The summed E-state index contributed by atoms with van der Waals surface area (Å²) in [6.07, 6.45) is 0. The molecule has 1 heterocycles. The maximum absolute atomic E-state index is 5.99. The molecule has 0 fully saturated rings. The fraction of sp³-hybridized carbons (Fsp3) is 0.333. The van der Waals surface area contributed by atoms with E-state index >= 15 is 0 Å². The summed E-state index contributed by atoms with van der Waals surface area (Å²) in [6.45, 7) is 6.34. The predicted octanol–water partition coefficient (Wildman–Crippen LogP) is 5.23. The summed E-state index contributed by atoms with van der Waals surface area (Å²) < 4.78 is 0.950. The zero-order valence-corrected chi connectivity index (χ0v) is 14.2. The molecular formula is C15H17BrClNS. The summed E-state index contributed by atoms with van der Waals surface area (Å²) in [7, 11) is 0. The van der Waals surface area contributed by atoms with Gasteiger partial charge in [-0.25, -0.2) is 0 Å². The third-order valence-electron chi connectivity index (χ3n) is 3.07. The average Bonchev–Trinajstić information content (AvgIpc) is 2.88. The topological polar surface area (TPSA) is 12.0 Å². The van der Waals surface area contributed by atoms with Crippen molar-refractivity contribution in [2.45, 2.75) is 25.8 Å². The fourth-order valence-corrected chi connectivity index (χ4v) is 3.32. The molecule has 19 heavy (non-hydrogen) atoms. The molecule has 2 aromatic rings. The molecule has 102 valence electrons. The third-order valence-corrected chi connectivity index (χ3v) is 5.52. The van der Waals surface area contributed by atoms with Gasteiger partial charge in [0.15, 0.2) is 0 Å². The van der Waals surface area contributed by atoms with Crippen LogP contribution in [0.15, 0.2) is 40.2 Å². The van der Waals surface area contributed by atoms with Gasteiger partial charge in [-0.2, -0.15) is 0 Å². The lowest BCUT2D eigenvalue weighted by molar-refractivity contribution is 0.477. The maximum Gasteiger partial charge on any atom is 0.0548 e. The second-order valence-corrected chi connectivity index (χ2v) is 7.42. The lowest BCUT2D eigenvalue weighted by Gasteiger charge is -2.23. The third kappa shape index (κ3) is 4.06. The minimum absolute atomic E-state index is 0.165. The monoisotopic (exact) mass is 357 g/mol. The van der Waals surface area contributed by atoms with Crippen LogP contribution >= 0.6 is 38.9 Å². The summed E-state index contributed by atoms with van der Waals surface area (Å²) in [5.74, 6) is 0. The van der Waals surface area contributed by atoms with Crippen molar-refractivity contribution in [1.82, 2.24) is 5.32 Å². The number of hydrogen-bond donors (Lipinski definition) is 1. The molecule has 0 aliphatic carbocycles. The molecule has 2 rings (SSSR count). The van der Waals surface area contributed by atoms with Crippen molar-refractivity contribution in [3.8, 4) is 0 Å². The molecule has 0 radical (unpaired) electrons. The van der Waals surface area contributed by atoms with E-state index in [0.717, 1.165) is 22.6 Å². The first kappa shape index (κ1) is 15.0. The van der Waals surface area contributed by atoms with Crippen molar-refractivity contribution in [2.24, 2.45) is 0 Å². The van der Waals surface area contributed by atoms with Crippen LogP contribution in [0.2, 0.25) is 5.02 Å². The lowest BCUT2D eigenvalue weighted by Crippen LogP contribution is -2.31. The van der Waals surface area contributed by atoms with Crippen LogP contribution in [-0.4, -0.2) is 6.54 Å². The molecule has 0 spiro atoms. The van der Waals surface area contributed by atoms with E-state index in [1.807, 2.05) is 17.4 Å². The molecule has 1 N–H and O–H groups in total. The molecule has 0 amide bonds. The van der Waals surface area contributed by atoms with Crippen LogP contribution < -0.4 is 5.32 Å². The van der Waals surface area contributed by atoms with Gasteiger partial charge in [-0.1, -0.05) is 37.6 Å². The van der Waals surface area contributed by atoms with Crippen molar-refractivity contribution in [3.05, 3.63) is 55.6 Å². The summed E-state index contributed by atoms with van der Waals surface area (Å²) in [4.78, 5) is 1.41. The summed E-state index contributed by atoms with van der Waals surface area (Å²) in [5.41, 5.74) is 1.40. The van der Waals surface area contributed by atoms with Gasteiger partial charge in [0.25, 0.3) is 0 Å². The lowest BCUT2D eigenvalue weighted by atomic mass is 9.91. The van der Waals surface area contributed by atoms with Gasteiger partial charge in [0.05, 0.1) is 5.02 Å². The number of benzene rings is 1. The van der Waals surface area contributed by atoms with Crippen LogP contribution in [0.3, 0.4) is 0 Å². The molecule has 0 atom stereocenters. The number of halogens is 2. The number of hydrogen-bond acceptors (Lipinski definition) is 2. The highest BCUT2D eigenvalue weighted by atomic mass is 79.9. The highest BCUT2D eigenvalue weighted by molar-refractivity contribution is 9.10. The molecule has 1 aromatic carbocycles. The van der Waals surface area contributed by atoms with E-state index in [0.29, 0.717) is 0 Å². The minimum Gasteiger partial charge on any atom is -0.312 e. The number of rotatable bonds is 5. The van der Waals surface area contributed by atoms with Gasteiger partial charge >= 0.3 is 0 Å². The largest absolute Gasteiger partial charge is 0.312 e. The summed E-state index contributed by atoms with van der Waals surface area (Å²) in [5, 5.41) is 6.40. The van der Waals surface area contributed by atoms with Crippen molar-refractivity contribution in [2.75, 3.05) is 6.54 Å². The Bertz CT molecular complexity index is 537. The van der Waals surface area contributed by atoms with Crippen LogP contribution in [0.5, 0.6) is 0 Å². The first-order valence-electron chi connectivity index (χ1n) is 6.18. The van der Waals surface area contributed by atoms with E-state index < -0.39 is 0 Å². The predicted molar refractivity (Wildman–Crippen MR) is 88.2 cm³/mol. The van der Waals surface area contributed by atoms with E-state index in [1.54, 1.807) is 0 Å². The van der Waals surface area contributed by atoms with Crippen molar-refractivity contribution >= 4 is 38.9 Å². The van der Waals surface area contributed by atoms with E-state index in [2.05, 4.69) is 64.7 Å². The van der Waals surface area contributed by atoms with Gasteiger partial charge in [-0.05, 0) is 45.1 Å². The second-order valence-electron chi connectivity index (χ2n) is 5.21. The maximum atomic E-state index is 5.99. The Morgan fingerprint density at radius 2 is 2.11 bits per heavy atom. The normalized spacial score (nSPS) is 11.8. The SMILES string of the molecule is CC(C)(CNCc1ccc(Cl)c(Br)c1)c1cccs1. The standard InChI is InChI=1S/C15H17BrClNS/c1-15(2,14-4-3-7-19-14)10-18-9-11-5-6-13(17)12(16)8-11/h3-8,18H,9-10H2,1-2H3. The molecular weight excluding hydrogens is 342 g/mol. The smallest absolute Gasteiger partial charge is 0.0548 e. The quantitative estimate of drug-likeness (QED) is 0.771. The highest BCUT2D eigenvalue weighted by Crippen LogP contribution is 2.27. The molecule has 0 aliphatic rings. The van der Waals surface area contributed by atoms with Gasteiger partial charge in [0.2, 0.25) is 0 Å². The average molecular weight is 359 g/mol. The van der Waals surface area contributed by atoms with E-state index in [-0.39, 0.29) is 5.41 Å². The molecule has 0 aliphatic heterocycles. The zero-order chi connectivity index (χ0) is 13.9. The molecule has 0 unspecified atom stereocenters. The van der Waals surface area contributed by atoms with Gasteiger partial charge in [0, 0.05) is 27.9 Å². The molecule has 1 nitrogen and oxygen atoms in total. The van der Waals surface area contributed by atoms with Crippen LogP contribution in [0.25, 0.3) is 0 Å². The minimum atomic E-state index is 0.165. The van der Waals surface area contributed by atoms with Gasteiger partial charge in [0.1, 0.15) is 0 Å². The molecule has 0 saturated carbocycles. The van der Waals surface area contributed by atoms with Crippen molar-refractivity contribution in [1.29, 1.82) is 0 Å². The summed E-state index contributed by atoms with van der Waals surface area (Å²) in [6, 6.07) is 10.3. The Balaban J connectivity index is 1.91. The Hall–Kier alpha value is -0.350. The van der Waals surface area contributed by atoms with E-state index in [9.17, 15) is 0 Å². The van der Waals surface area contributed by atoms with E-state index in [1.165, 1.54) is 10.4 Å². The van der Waals surface area contributed by atoms with Gasteiger partial charge in [-0.15, -0.1) is 11.3 Å². The van der Waals surface area contributed by atoms with Crippen LogP contribution in [0, 0.1) is 0 Å². The molecule has 1 aromatic heterocycles. The van der Waals surface area contributed by atoms with Crippen LogP contribution in [0.4, 0.5) is 0 Å². The number of thiophene rings is 1. The molecule has 4 heteroatoms. The second kappa shape index (κ2) is 6.40. The first-order valence-corrected chi connectivity index (χ1v) is 8.23. The molecule has 0 saturated heterocycles. The summed E-state index contributed by atoms with van der Waals surface area (Å²) >= 11 is 11.3. The Labute approximate surface area is 132 Å². The number of nitrogens with one attached hydrogen (secondary N) is 1. The van der Waals surface area contributed by atoms with Crippen molar-refractivity contribution in [3.63, 3.8) is 0 Å².